The van der Waals surface area contributed by atoms with Crippen LogP contribution in [0, 0.1) is 15.5 Å². The van der Waals surface area contributed by atoms with Gasteiger partial charge in [0.2, 0.25) is 0 Å². The molecule has 2 heterocycles. The number of nitro groups is 1. The van der Waals surface area contributed by atoms with E-state index in [2.05, 4.69) is 18.7 Å². The van der Waals surface area contributed by atoms with Gasteiger partial charge in [-0.1, -0.05) is 19.9 Å². The van der Waals surface area contributed by atoms with E-state index in [1.807, 2.05) is 12.1 Å². The van der Waals surface area contributed by atoms with Crippen LogP contribution in [0.15, 0.2) is 18.2 Å². The summed E-state index contributed by atoms with van der Waals surface area (Å²) in [5.41, 5.74) is 1.39. The summed E-state index contributed by atoms with van der Waals surface area (Å²) >= 11 is 0. The Morgan fingerprint density at radius 2 is 2.12 bits per heavy atom. The van der Waals surface area contributed by atoms with E-state index < -0.39 is 7.12 Å². The van der Waals surface area contributed by atoms with Gasteiger partial charge in [-0.05, 0) is 24.4 Å². The number of ether oxygens (including phenoxy) is 1. The van der Waals surface area contributed by atoms with Gasteiger partial charge in [0, 0.05) is 38.3 Å². The lowest BCUT2D eigenvalue weighted by atomic mass is 9.75. The van der Waals surface area contributed by atoms with Crippen molar-refractivity contribution in [2.24, 2.45) is 5.41 Å². The van der Waals surface area contributed by atoms with Crippen molar-refractivity contribution in [3.8, 4) is 0 Å². The summed E-state index contributed by atoms with van der Waals surface area (Å²) in [7, 11) is 1.11. The van der Waals surface area contributed by atoms with Crippen LogP contribution < -0.4 is 10.4 Å². The lowest BCUT2D eigenvalue weighted by Gasteiger charge is -2.33. The van der Waals surface area contributed by atoms with Crippen molar-refractivity contribution in [1.82, 2.24) is 0 Å². The molecule has 8 heteroatoms. The Kier molecular flexibility index (Phi) is 5.31. The minimum Gasteiger partial charge on any atom is -0.407 e. The minimum atomic E-state index is -0.547. The van der Waals surface area contributed by atoms with Crippen LogP contribution in [0.1, 0.15) is 26.7 Å². The molecular weight excluding hydrogens is 323 g/mol. The number of benzene rings is 1. The van der Waals surface area contributed by atoms with Crippen molar-refractivity contribution in [1.29, 1.82) is 0 Å². The lowest BCUT2D eigenvalue weighted by Crippen LogP contribution is -2.47. The molecule has 7 nitrogen and oxygen atoms in total. The van der Waals surface area contributed by atoms with E-state index in [9.17, 15) is 10.1 Å². The van der Waals surface area contributed by atoms with Gasteiger partial charge in [-0.25, -0.2) is 0 Å². The van der Waals surface area contributed by atoms with Crippen molar-refractivity contribution >= 4 is 24.0 Å². The van der Waals surface area contributed by atoms with Gasteiger partial charge in [0.25, 0.3) is 5.69 Å². The third-order valence-electron chi connectivity index (χ3n) is 4.76. The second-order valence-electron chi connectivity index (χ2n) is 7.57. The van der Waals surface area contributed by atoms with Crippen LogP contribution >= 0.6 is 0 Å². The van der Waals surface area contributed by atoms with Gasteiger partial charge in [0.1, 0.15) is 5.69 Å². The molecule has 0 saturated carbocycles. The van der Waals surface area contributed by atoms with Crippen LogP contribution in [0.3, 0.4) is 0 Å². The maximum absolute atomic E-state index is 11.6. The highest BCUT2D eigenvalue weighted by Gasteiger charge is 2.36. The molecule has 136 valence electrons. The highest BCUT2D eigenvalue weighted by molar-refractivity contribution is 6.61. The van der Waals surface area contributed by atoms with Crippen LogP contribution in [-0.4, -0.2) is 51.6 Å². The van der Waals surface area contributed by atoms with E-state index in [-0.39, 0.29) is 22.1 Å². The zero-order valence-electron chi connectivity index (χ0n) is 15.1. The van der Waals surface area contributed by atoms with Gasteiger partial charge in [-0.2, -0.15) is 0 Å². The molecule has 1 aromatic carbocycles. The maximum Gasteiger partial charge on any atom is 0.494 e. The normalized spacial score (nSPS) is 23.1. The fraction of sp³-hybridized carbons (Fsp3) is 0.647. The number of anilines is 1. The second-order valence-corrected chi connectivity index (χ2v) is 7.57. The fourth-order valence-electron chi connectivity index (χ4n) is 3.48. The Bertz CT molecular complexity index is 629. The molecule has 0 spiro atoms. The highest BCUT2D eigenvalue weighted by Crippen LogP contribution is 2.33. The first kappa shape index (κ1) is 18.2. The predicted octanol–water partition coefficient (Wildman–Crippen LogP) is 1.98. The first-order valence-electron chi connectivity index (χ1n) is 8.68. The predicted molar refractivity (Wildman–Crippen MR) is 96.4 cm³/mol. The third-order valence-corrected chi connectivity index (χ3v) is 4.76. The molecule has 0 aliphatic carbocycles. The van der Waals surface area contributed by atoms with Gasteiger partial charge < -0.3 is 18.9 Å². The SMILES string of the molecule is COCC1CCCN1c1ccc(B2OCC(C)(C)CO2)cc1[N+](=O)[O-]. The number of hydrogen-bond donors (Lipinski definition) is 0. The van der Waals surface area contributed by atoms with Gasteiger partial charge >= 0.3 is 7.12 Å². The van der Waals surface area contributed by atoms with Crippen LogP contribution in [0.25, 0.3) is 0 Å². The van der Waals surface area contributed by atoms with Crippen molar-refractivity contribution < 1.29 is 19.0 Å². The molecular formula is C17H25BN2O5. The summed E-state index contributed by atoms with van der Waals surface area (Å²) in [5.74, 6) is 0. The van der Waals surface area contributed by atoms with E-state index in [1.165, 1.54) is 0 Å². The lowest BCUT2D eigenvalue weighted by molar-refractivity contribution is -0.384. The number of hydrogen-bond acceptors (Lipinski definition) is 6. The van der Waals surface area contributed by atoms with Crippen LogP contribution in [0.5, 0.6) is 0 Å². The Hall–Kier alpha value is -1.64. The van der Waals surface area contributed by atoms with Crippen LogP contribution in [0.4, 0.5) is 11.4 Å². The van der Waals surface area contributed by atoms with Crippen LogP contribution in [0.2, 0.25) is 0 Å². The molecule has 3 rings (SSSR count). The Labute approximate surface area is 148 Å². The van der Waals surface area contributed by atoms with E-state index in [1.54, 1.807) is 13.2 Å². The Balaban J connectivity index is 1.85. The summed E-state index contributed by atoms with van der Waals surface area (Å²) in [6.45, 7) is 6.64. The molecule has 0 bridgehead atoms. The maximum atomic E-state index is 11.6. The molecule has 0 N–H and O–H groups in total. The van der Waals surface area contributed by atoms with Crippen molar-refractivity contribution in [3.63, 3.8) is 0 Å². The summed E-state index contributed by atoms with van der Waals surface area (Å²) in [6, 6.07) is 5.44. The minimum absolute atomic E-state index is 0.0364. The highest BCUT2D eigenvalue weighted by atomic mass is 16.6. The van der Waals surface area contributed by atoms with Gasteiger partial charge in [0.15, 0.2) is 0 Å². The molecule has 25 heavy (non-hydrogen) atoms. The first-order valence-corrected chi connectivity index (χ1v) is 8.68. The fourth-order valence-corrected chi connectivity index (χ4v) is 3.48. The largest absolute Gasteiger partial charge is 0.494 e. The summed E-state index contributed by atoms with van der Waals surface area (Å²) in [6.07, 6.45) is 1.99. The monoisotopic (exact) mass is 348 g/mol. The average molecular weight is 348 g/mol. The molecule has 0 aromatic heterocycles. The van der Waals surface area contributed by atoms with Crippen molar-refractivity contribution in [2.45, 2.75) is 32.7 Å². The number of methoxy groups -OCH3 is 1. The number of nitrogens with zero attached hydrogens (tertiary/aromatic N) is 2. The number of rotatable bonds is 5. The molecule has 1 unspecified atom stereocenters. The molecule has 2 aliphatic rings. The van der Waals surface area contributed by atoms with E-state index >= 15 is 0 Å². The molecule has 0 amide bonds. The number of nitro benzene ring substituents is 1. The average Bonchev–Trinajstić information content (AvgIpc) is 3.03. The second kappa shape index (κ2) is 7.31. The summed E-state index contributed by atoms with van der Waals surface area (Å²) in [5, 5.41) is 11.6. The standard InChI is InChI=1S/C17H25BN2O5/c1-17(2)11-24-18(25-12-17)13-6-7-15(16(9-13)20(21)22)19-8-4-5-14(19)10-23-3/h6-7,9,14H,4-5,8,10-12H2,1-3H3. The van der Waals surface area contributed by atoms with E-state index in [4.69, 9.17) is 14.0 Å². The summed E-state index contributed by atoms with van der Waals surface area (Å²) < 4.78 is 16.8. The third kappa shape index (κ3) is 3.97. The smallest absolute Gasteiger partial charge is 0.407 e. The van der Waals surface area contributed by atoms with E-state index in [0.717, 1.165) is 19.4 Å². The first-order chi connectivity index (χ1) is 11.9. The Morgan fingerprint density at radius 1 is 1.40 bits per heavy atom. The van der Waals surface area contributed by atoms with E-state index in [0.29, 0.717) is 31.0 Å². The molecule has 2 fully saturated rings. The Morgan fingerprint density at radius 3 is 2.76 bits per heavy atom. The van der Waals surface area contributed by atoms with Gasteiger partial charge in [-0.15, -0.1) is 0 Å². The summed E-state index contributed by atoms with van der Waals surface area (Å²) in [4.78, 5) is 13.4. The topological polar surface area (TPSA) is 74.1 Å². The molecule has 2 saturated heterocycles. The van der Waals surface area contributed by atoms with Crippen LogP contribution in [-0.2, 0) is 14.0 Å². The molecule has 0 radical (unpaired) electrons. The zero-order chi connectivity index (χ0) is 18.0. The van der Waals surface area contributed by atoms with Gasteiger partial charge in [-0.3, -0.25) is 10.1 Å². The zero-order valence-corrected chi connectivity index (χ0v) is 15.1. The van der Waals surface area contributed by atoms with Crippen molar-refractivity contribution in [3.05, 3.63) is 28.3 Å². The molecule has 1 atom stereocenters. The van der Waals surface area contributed by atoms with Crippen molar-refractivity contribution in [2.75, 3.05) is 38.4 Å². The molecule has 1 aromatic rings. The quantitative estimate of drug-likeness (QED) is 0.460. The van der Waals surface area contributed by atoms with Gasteiger partial charge in [0.05, 0.1) is 17.6 Å². The molecule has 2 aliphatic heterocycles.